The highest BCUT2D eigenvalue weighted by molar-refractivity contribution is 14.0. The van der Waals surface area contributed by atoms with Crippen LogP contribution in [0.15, 0.2) is 28.6 Å². The van der Waals surface area contributed by atoms with Crippen molar-refractivity contribution >= 4 is 58.6 Å². The average Bonchev–Trinajstić information content (AvgIpc) is 3.26. The van der Waals surface area contributed by atoms with Gasteiger partial charge in [0.1, 0.15) is 0 Å². The Labute approximate surface area is 194 Å². The Kier molecular flexibility index (Phi) is 8.82. The Morgan fingerprint density at radius 1 is 1.43 bits per heavy atom. The summed E-state index contributed by atoms with van der Waals surface area (Å²) in [6, 6.07) is 6.13. The summed E-state index contributed by atoms with van der Waals surface area (Å²) in [7, 11) is 3.89. The number of rotatable bonds is 5. The molecule has 0 radical (unpaired) electrons. The van der Waals surface area contributed by atoms with Crippen molar-refractivity contribution in [3.8, 4) is 0 Å². The third-order valence-corrected chi connectivity index (χ3v) is 6.04. The van der Waals surface area contributed by atoms with Gasteiger partial charge in [-0.2, -0.15) is 0 Å². The van der Waals surface area contributed by atoms with Crippen molar-refractivity contribution in [2.24, 2.45) is 10.9 Å². The van der Waals surface area contributed by atoms with E-state index in [-0.39, 0.29) is 24.0 Å². The van der Waals surface area contributed by atoms with Crippen LogP contribution in [0.4, 0.5) is 5.69 Å². The van der Waals surface area contributed by atoms with E-state index >= 15 is 0 Å². The van der Waals surface area contributed by atoms with E-state index < -0.39 is 0 Å². The highest BCUT2D eigenvalue weighted by Gasteiger charge is 2.24. The molecule has 1 aromatic carbocycles. The summed E-state index contributed by atoms with van der Waals surface area (Å²) >= 11 is 7.88. The van der Waals surface area contributed by atoms with Crippen LogP contribution < -0.4 is 10.2 Å². The summed E-state index contributed by atoms with van der Waals surface area (Å²) in [6.45, 7) is 7.98. The molecule has 2 heterocycles. The summed E-state index contributed by atoms with van der Waals surface area (Å²) in [5, 5.41) is 7.55. The standard InChI is InChI=1S/C20H28ClN5S.HI/c1-14-5-6-17(21)9-19(14)26-8-7-16(11-26)10-23-20(22-3)25(4)12-18-13-27-15(2)24-18;/h5-6,9,13,16H,7-8,10-12H2,1-4H3,(H,22,23);1H. The van der Waals surface area contributed by atoms with Gasteiger partial charge < -0.3 is 15.1 Å². The maximum atomic E-state index is 6.19. The first-order chi connectivity index (χ1) is 13.0. The molecule has 5 nitrogen and oxygen atoms in total. The van der Waals surface area contributed by atoms with E-state index in [0.717, 1.165) is 47.9 Å². The second-order valence-electron chi connectivity index (χ2n) is 7.17. The van der Waals surface area contributed by atoms with Gasteiger partial charge in [0.15, 0.2) is 5.96 Å². The molecular formula is C20H29ClIN5S. The third-order valence-electron chi connectivity index (χ3n) is 4.99. The van der Waals surface area contributed by atoms with Gasteiger partial charge >= 0.3 is 0 Å². The quantitative estimate of drug-likeness (QED) is 0.348. The molecule has 3 rings (SSSR count). The molecule has 1 atom stereocenters. The molecule has 0 amide bonds. The van der Waals surface area contributed by atoms with Crippen LogP contribution in [0.25, 0.3) is 0 Å². The van der Waals surface area contributed by atoms with Gasteiger partial charge in [-0.3, -0.25) is 4.99 Å². The minimum absolute atomic E-state index is 0. The van der Waals surface area contributed by atoms with Gasteiger partial charge in [0.05, 0.1) is 17.2 Å². The molecule has 0 aliphatic carbocycles. The van der Waals surface area contributed by atoms with Crippen molar-refractivity contribution in [1.82, 2.24) is 15.2 Å². The summed E-state index contributed by atoms with van der Waals surface area (Å²) in [5.74, 6) is 1.51. The number of halogens is 2. The van der Waals surface area contributed by atoms with Crippen LogP contribution in [0.2, 0.25) is 5.02 Å². The lowest BCUT2D eigenvalue weighted by atomic mass is 10.1. The van der Waals surface area contributed by atoms with E-state index in [1.807, 2.05) is 20.0 Å². The Morgan fingerprint density at radius 2 is 2.21 bits per heavy atom. The molecule has 1 aliphatic heterocycles. The Hall–Kier alpha value is -1.06. The molecule has 154 valence electrons. The van der Waals surface area contributed by atoms with Gasteiger partial charge in [0.2, 0.25) is 0 Å². The van der Waals surface area contributed by atoms with Crippen molar-refractivity contribution in [2.45, 2.75) is 26.8 Å². The fraction of sp³-hybridized carbons (Fsp3) is 0.500. The molecule has 1 aromatic heterocycles. The zero-order chi connectivity index (χ0) is 19.4. The fourth-order valence-electron chi connectivity index (χ4n) is 3.56. The van der Waals surface area contributed by atoms with Gasteiger partial charge in [-0.15, -0.1) is 35.3 Å². The first-order valence-corrected chi connectivity index (χ1v) is 10.6. The van der Waals surface area contributed by atoms with E-state index in [2.05, 4.69) is 56.6 Å². The molecule has 0 saturated carbocycles. The minimum atomic E-state index is 0. The van der Waals surface area contributed by atoms with Crippen LogP contribution in [0.5, 0.6) is 0 Å². The largest absolute Gasteiger partial charge is 0.371 e. The Bertz CT molecular complexity index is 810. The second-order valence-corrected chi connectivity index (χ2v) is 8.67. The second kappa shape index (κ2) is 10.6. The first-order valence-electron chi connectivity index (χ1n) is 9.30. The summed E-state index contributed by atoms with van der Waals surface area (Å²) in [6.07, 6.45) is 1.17. The van der Waals surface area contributed by atoms with E-state index in [1.54, 1.807) is 11.3 Å². The molecular weight excluding hydrogens is 505 g/mol. The SMILES string of the molecule is CN=C(NCC1CCN(c2cc(Cl)ccc2C)C1)N(C)Cc1csc(C)n1.I. The molecule has 0 spiro atoms. The Morgan fingerprint density at radius 3 is 2.89 bits per heavy atom. The lowest BCUT2D eigenvalue weighted by Gasteiger charge is -2.24. The van der Waals surface area contributed by atoms with Crippen molar-refractivity contribution < 1.29 is 0 Å². The molecule has 1 aliphatic rings. The van der Waals surface area contributed by atoms with E-state index in [4.69, 9.17) is 11.6 Å². The van der Waals surface area contributed by atoms with Crippen molar-refractivity contribution in [3.05, 3.63) is 44.9 Å². The number of benzene rings is 1. The Balaban J connectivity index is 0.00000280. The lowest BCUT2D eigenvalue weighted by molar-refractivity contribution is 0.458. The van der Waals surface area contributed by atoms with Crippen LogP contribution in [-0.4, -0.2) is 49.6 Å². The summed E-state index contributed by atoms with van der Waals surface area (Å²) in [5.41, 5.74) is 3.62. The van der Waals surface area contributed by atoms with Gasteiger partial charge in [-0.05, 0) is 43.9 Å². The first kappa shape index (κ1) is 23.2. The van der Waals surface area contributed by atoms with Crippen LogP contribution in [-0.2, 0) is 6.54 Å². The number of nitrogens with zero attached hydrogens (tertiary/aromatic N) is 4. The highest BCUT2D eigenvalue weighted by atomic mass is 127. The predicted molar refractivity (Wildman–Crippen MR) is 132 cm³/mol. The monoisotopic (exact) mass is 533 g/mol. The zero-order valence-electron chi connectivity index (χ0n) is 16.9. The molecule has 0 bridgehead atoms. The van der Waals surface area contributed by atoms with Crippen LogP contribution in [0.1, 0.15) is 22.7 Å². The predicted octanol–water partition coefficient (Wildman–Crippen LogP) is 4.57. The van der Waals surface area contributed by atoms with Crippen LogP contribution in [0.3, 0.4) is 0 Å². The number of anilines is 1. The van der Waals surface area contributed by atoms with Crippen LogP contribution >= 0.6 is 46.9 Å². The van der Waals surface area contributed by atoms with Gasteiger partial charge in [-0.1, -0.05) is 17.7 Å². The normalized spacial score (nSPS) is 16.8. The number of hydrogen-bond donors (Lipinski definition) is 1. The maximum Gasteiger partial charge on any atom is 0.193 e. The highest BCUT2D eigenvalue weighted by Crippen LogP contribution is 2.29. The molecule has 1 unspecified atom stereocenters. The molecule has 1 fully saturated rings. The molecule has 8 heteroatoms. The fourth-order valence-corrected chi connectivity index (χ4v) is 4.33. The number of hydrogen-bond acceptors (Lipinski definition) is 4. The average molecular weight is 534 g/mol. The number of nitrogens with one attached hydrogen (secondary N) is 1. The van der Waals surface area contributed by atoms with E-state index in [1.165, 1.54) is 17.7 Å². The number of thiazole rings is 1. The topological polar surface area (TPSA) is 43.8 Å². The molecule has 2 aromatic rings. The summed E-state index contributed by atoms with van der Waals surface area (Å²) in [4.78, 5) is 13.5. The number of aromatic nitrogens is 1. The zero-order valence-corrected chi connectivity index (χ0v) is 20.8. The molecule has 28 heavy (non-hydrogen) atoms. The van der Waals surface area contributed by atoms with Gasteiger partial charge in [0, 0.05) is 49.8 Å². The van der Waals surface area contributed by atoms with E-state index in [9.17, 15) is 0 Å². The van der Waals surface area contributed by atoms with Gasteiger partial charge in [-0.25, -0.2) is 4.98 Å². The van der Waals surface area contributed by atoms with Crippen molar-refractivity contribution in [2.75, 3.05) is 38.6 Å². The van der Waals surface area contributed by atoms with Gasteiger partial charge in [0.25, 0.3) is 0 Å². The molecule has 1 saturated heterocycles. The number of aryl methyl sites for hydroxylation is 2. The molecule has 1 N–H and O–H groups in total. The number of guanidine groups is 1. The lowest BCUT2D eigenvalue weighted by Crippen LogP contribution is -2.41. The summed E-state index contributed by atoms with van der Waals surface area (Å²) < 4.78 is 0. The maximum absolute atomic E-state index is 6.19. The smallest absolute Gasteiger partial charge is 0.193 e. The van der Waals surface area contributed by atoms with E-state index in [0.29, 0.717) is 5.92 Å². The minimum Gasteiger partial charge on any atom is -0.371 e. The van der Waals surface area contributed by atoms with Crippen LogP contribution in [0, 0.1) is 19.8 Å². The number of aliphatic imine (C=N–C) groups is 1. The van der Waals surface area contributed by atoms with Crippen molar-refractivity contribution in [3.63, 3.8) is 0 Å². The van der Waals surface area contributed by atoms with Crippen molar-refractivity contribution in [1.29, 1.82) is 0 Å². The third kappa shape index (κ3) is 5.97.